The van der Waals surface area contributed by atoms with Crippen LogP contribution < -0.4 is 0 Å². The van der Waals surface area contributed by atoms with E-state index < -0.39 is 11.6 Å². The van der Waals surface area contributed by atoms with E-state index in [2.05, 4.69) is 9.97 Å². The SMILES string of the molecule is O=C(O)c1cc2c(s1)C1(CCN(C(=O)c3cccc4nccnc34)CC1)OCC2. The molecule has 7 nitrogen and oxygen atoms in total. The van der Waals surface area contributed by atoms with E-state index in [1.54, 1.807) is 24.5 Å². The zero-order valence-corrected chi connectivity index (χ0v) is 16.4. The minimum absolute atomic E-state index is 0.0561. The van der Waals surface area contributed by atoms with E-state index >= 15 is 0 Å². The Balaban J connectivity index is 1.40. The van der Waals surface area contributed by atoms with Crippen LogP contribution in [0.15, 0.2) is 36.7 Å². The number of benzene rings is 1. The predicted octanol–water partition coefficient (Wildman–Crippen LogP) is 3.09. The molecule has 1 spiro atoms. The molecular formula is C21H19N3O4S. The molecule has 0 saturated carbocycles. The molecule has 0 aliphatic carbocycles. The highest BCUT2D eigenvalue weighted by atomic mass is 32.1. The Bertz CT molecular complexity index is 1110. The zero-order valence-electron chi connectivity index (χ0n) is 15.6. The van der Waals surface area contributed by atoms with Crippen molar-refractivity contribution in [2.24, 2.45) is 0 Å². The van der Waals surface area contributed by atoms with Crippen molar-refractivity contribution in [2.75, 3.05) is 19.7 Å². The van der Waals surface area contributed by atoms with Crippen LogP contribution in [0, 0.1) is 0 Å². The molecule has 1 N–H and O–H groups in total. The lowest BCUT2D eigenvalue weighted by Gasteiger charge is -2.43. The van der Waals surface area contributed by atoms with Crippen molar-refractivity contribution >= 4 is 34.2 Å². The Morgan fingerprint density at radius 1 is 1.17 bits per heavy atom. The van der Waals surface area contributed by atoms with Gasteiger partial charge in [-0.25, -0.2) is 4.79 Å². The van der Waals surface area contributed by atoms with Gasteiger partial charge in [0, 0.05) is 30.4 Å². The summed E-state index contributed by atoms with van der Waals surface area (Å²) in [6, 6.07) is 7.24. The molecule has 3 aromatic rings. The molecule has 0 unspecified atom stereocenters. The summed E-state index contributed by atoms with van der Waals surface area (Å²) in [5.41, 5.74) is 2.46. The molecule has 2 aromatic heterocycles. The molecule has 1 fully saturated rings. The Morgan fingerprint density at radius 3 is 2.76 bits per heavy atom. The van der Waals surface area contributed by atoms with Crippen LogP contribution in [-0.2, 0) is 16.8 Å². The summed E-state index contributed by atoms with van der Waals surface area (Å²) in [5.74, 6) is -0.955. The maximum absolute atomic E-state index is 13.2. The molecule has 29 heavy (non-hydrogen) atoms. The second-order valence-corrected chi connectivity index (χ2v) is 8.44. The molecule has 0 bridgehead atoms. The van der Waals surface area contributed by atoms with Crippen molar-refractivity contribution < 1.29 is 19.4 Å². The van der Waals surface area contributed by atoms with Gasteiger partial charge in [-0.1, -0.05) is 6.07 Å². The second-order valence-electron chi connectivity index (χ2n) is 7.38. The average Bonchev–Trinajstić information content (AvgIpc) is 3.20. The van der Waals surface area contributed by atoms with Crippen LogP contribution in [0.2, 0.25) is 0 Å². The molecule has 4 heterocycles. The number of hydrogen-bond acceptors (Lipinski definition) is 6. The fraction of sp³-hybridized carbons (Fsp3) is 0.333. The number of likely N-dealkylation sites (tertiary alicyclic amines) is 1. The van der Waals surface area contributed by atoms with Crippen molar-refractivity contribution in [3.05, 3.63) is 57.5 Å². The molecule has 1 amide bonds. The molecule has 8 heteroatoms. The molecule has 1 saturated heterocycles. The number of fused-ring (bicyclic) bond motifs is 3. The van der Waals surface area contributed by atoms with Crippen molar-refractivity contribution in [3.63, 3.8) is 0 Å². The van der Waals surface area contributed by atoms with Gasteiger partial charge < -0.3 is 14.7 Å². The number of aromatic carboxylic acids is 1. The van der Waals surface area contributed by atoms with Crippen LogP contribution in [0.4, 0.5) is 0 Å². The summed E-state index contributed by atoms with van der Waals surface area (Å²) < 4.78 is 6.19. The van der Waals surface area contributed by atoms with Gasteiger partial charge in [0.15, 0.2) is 0 Å². The topological polar surface area (TPSA) is 92.6 Å². The largest absolute Gasteiger partial charge is 0.477 e. The third kappa shape index (κ3) is 2.99. The minimum atomic E-state index is -0.899. The number of aromatic nitrogens is 2. The number of para-hydroxylation sites is 1. The maximum atomic E-state index is 13.2. The van der Waals surface area contributed by atoms with E-state index in [0.717, 1.165) is 16.9 Å². The standard InChI is InChI=1S/C21H19N3O4S/c25-19(14-2-1-3-15-17(14)23-8-7-22-15)24-9-5-21(6-10-24)18-13(4-11-28-21)12-16(29-18)20(26)27/h1-3,7-8,12H,4-6,9-11H2,(H,26,27). The molecular weight excluding hydrogens is 390 g/mol. The molecule has 1 aromatic carbocycles. The van der Waals surface area contributed by atoms with Crippen LogP contribution in [0.1, 0.15) is 43.3 Å². The lowest BCUT2D eigenvalue weighted by molar-refractivity contribution is -0.0906. The fourth-order valence-electron chi connectivity index (χ4n) is 4.31. The first-order valence-electron chi connectivity index (χ1n) is 9.57. The van der Waals surface area contributed by atoms with E-state index in [0.29, 0.717) is 54.0 Å². The average molecular weight is 409 g/mol. The summed E-state index contributed by atoms with van der Waals surface area (Å²) in [6.45, 7) is 1.68. The number of carboxylic acids is 1. The van der Waals surface area contributed by atoms with Gasteiger partial charge in [0.1, 0.15) is 16.0 Å². The number of hydrogen-bond donors (Lipinski definition) is 1. The van der Waals surface area contributed by atoms with E-state index in [9.17, 15) is 14.7 Å². The number of piperidine rings is 1. The Labute approximate surface area is 171 Å². The predicted molar refractivity (Wildman–Crippen MR) is 107 cm³/mol. The number of thiophene rings is 1. The summed E-state index contributed by atoms with van der Waals surface area (Å²) in [6.07, 6.45) is 5.26. The number of rotatable bonds is 2. The molecule has 5 rings (SSSR count). The minimum Gasteiger partial charge on any atom is -0.477 e. The first-order valence-corrected chi connectivity index (χ1v) is 10.4. The highest BCUT2D eigenvalue weighted by Gasteiger charge is 2.43. The first-order chi connectivity index (χ1) is 14.1. The maximum Gasteiger partial charge on any atom is 0.345 e. The van der Waals surface area contributed by atoms with Crippen LogP contribution in [0.25, 0.3) is 11.0 Å². The van der Waals surface area contributed by atoms with Gasteiger partial charge in [-0.3, -0.25) is 14.8 Å². The van der Waals surface area contributed by atoms with Crippen molar-refractivity contribution in [1.29, 1.82) is 0 Å². The normalized spacial score (nSPS) is 18.0. The number of carbonyl (C=O) groups is 2. The van der Waals surface area contributed by atoms with Gasteiger partial charge in [0.2, 0.25) is 0 Å². The quantitative estimate of drug-likeness (QED) is 0.699. The lowest BCUT2D eigenvalue weighted by Crippen LogP contribution is -2.47. The number of carbonyl (C=O) groups excluding carboxylic acids is 1. The van der Waals surface area contributed by atoms with Crippen LogP contribution in [0.5, 0.6) is 0 Å². The van der Waals surface area contributed by atoms with Gasteiger partial charge >= 0.3 is 5.97 Å². The van der Waals surface area contributed by atoms with Crippen LogP contribution in [-0.4, -0.2) is 51.5 Å². The molecule has 0 atom stereocenters. The van der Waals surface area contributed by atoms with Crippen LogP contribution in [0.3, 0.4) is 0 Å². The molecule has 148 valence electrons. The highest BCUT2D eigenvalue weighted by Crippen LogP contribution is 2.45. The van der Waals surface area contributed by atoms with E-state index in [4.69, 9.17) is 4.74 Å². The van der Waals surface area contributed by atoms with Crippen molar-refractivity contribution in [3.8, 4) is 0 Å². The summed E-state index contributed by atoms with van der Waals surface area (Å²) in [4.78, 5) is 36.4. The summed E-state index contributed by atoms with van der Waals surface area (Å²) >= 11 is 1.31. The molecule has 2 aliphatic heterocycles. The Morgan fingerprint density at radius 2 is 1.97 bits per heavy atom. The fourth-order valence-corrected chi connectivity index (χ4v) is 5.55. The number of nitrogens with zero attached hydrogens (tertiary/aromatic N) is 3. The van der Waals surface area contributed by atoms with Crippen molar-refractivity contribution in [1.82, 2.24) is 14.9 Å². The summed E-state index contributed by atoms with van der Waals surface area (Å²) in [5, 5.41) is 9.35. The zero-order chi connectivity index (χ0) is 20.0. The molecule has 0 radical (unpaired) electrons. The van der Waals surface area contributed by atoms with E-state index in [1.807, 2.05) is 17.0 Å². The molecule has 2 aliphatic rings. The van der Waals surface area contributed by atoms with Gasteiger partial charge in [0.25, 0.3) is 5.91 Å². The van der Waals surface area contributed by atoms with E-state index in [-0.39, 0.29) is 5.91 Å². The highest BCUT2D eigenvalue weighted by molar-refractivity contribution is 7.14. The number of amides is 1. The Hall–Kier alpha value is -2.84. The third-order valence-electron chi connectivity index (χ3n) is 5.77. The number of carboxylic acid groups (broad SMARTS) is 1. The first kappa shape index (κ1) is 18.2. The van der Waals surface area contributed by atoms with Gasteiger partial charge in [-0.05, 0) is 43.0 Å². The van der Waals surface area contributed by atoms with Crippen LogP contribution >= 0.6 is 11.3 Å². The van der Waals surface area contributed by atoms with Crippen molar-refractivity contribution in [2.45, 2.75) is 24.9 Å². The van der Waals surface area contributed by atoms with Gasteiger partial charge in [0.05, 0.1) is 17.7 Å². The Kier molecular flexibility index (Phi) is 4.33. The second kappa shape index (κ2) is 6.89. The third-order valence-corrected chi connectivity index (χ3v) is 7.12. The monoisotopic (exact) mass is 409 g/mol. The smallest absolute Gasteiger partial charge is 0.345 e. The number of ether oxygens (including phenoxy) is 1. The summed E-state index contributed by atoms with van der Waals surface area (Å²) in [7, 11) is 0. The lowest BCUT2D eigenvalue weighted by atomic mass is 9.85. The van der Waals surface area contributed by atoms with Gasteiger partial charge in [-0.15, -0.1) is 11.3 Å². The van der Waals surface area contributed by atoms with E-state index in [1.165, 1.54) is 11.3 Å². The van der Waals surface area contributed by atoms with Gasteiger partial charge in [-0.2, -0.15) is 0 Å².